The fraction of sp³-hybridized carbons (Fsp3) is 0.875. The third-order valence-electron chi connectivity index (χ3n) is 6.88. The molecule has 3 aliphatic rings. The summed E-state index contributed by atoms with van der Waals surface area (Å²) in [5, 5.41) is 20.9. The quantitative estimate of drug-likeness (QED) is 0.517. The third-order valence-corrected chi connectivity index (χ3v) is 6.88. The normalized spacial score (nSPS) is 37.1. The molecule has 0 bridgehead atoms. The van der Waals surface area contributed by atoms with E-state index in [1.807, 2.05) is 0 Å². The number of carbonyl (C=O) groups excluding carboxylic acids is 1. The molecule has 166 valence electrons. The smallest absolute Gasteiger partial charge is 0.172 e. The Labute approximate surface area is 175 Å². The highest BCUT2D eigenvalue weighted by atomic mass is 16.7. The van der Waals surface area contributed by atoms with Crippen molar-refractivity contribution in [2.75, 3.05) is 0 Å². The number of carbonyl (C=O) groups is 1. The summed E-state index contributed by atoms with van der Waals surface area (Å²) in [6, 6.07) is 0. The molecule has 3 rings (SSSR count). The Bertz CT molecular complexity index is 561. The van der Waals surface area contributed by atoms with Gasteiger partial charge in [-0.1, -0.05) is 64.7 Å². The Balaban J connectivity index is 1.42. The number of hydrogen-bond acceptors (Lipinski definition) is 5. The Morgan fingerprint density at radius 2 is 1.72 bits per heavy atom. The van der Waals surface area contributed by atoms with Crippen molar-refractivity contribution in [3.05, 3.63) is 12.2 Å². The standard InChI is InChI=1S/C24H40O5/c1-2-3-4-5-6-7-8-9-10-11-21-16-20(26)18-24(28-21)15-14-23(29-24)13-12-19(25)17-22(23)27/h12-13,20-22,26-27H,2-11,14-18H2,1H3/t20-,21-,22+,23+,24+/m1/s1. The van der Waals surface area contributed by atoms with E-state index in [0.29, 0.717) is 25.7 Å². The van der Waals surface area contributed by atoms with Gasteiger partial charge in [-0.2, -0.15) is 0 Å². The molecular formula is C24H40O5. The lowest BCUT2D eigenvalue weighted by atomic mass is 9.85. The molecule has 2 fully saturated rings. The summed E-state index contributed by atoms with van der Waals surface area (Å²) < 4.78 is 12.7. The summed E-state index contributed by atoms with van der Waals surface area (Å²) in [6.45, 7) is 2.25. The fourth-order valence-corrected chi connectivity index (χ4v) is 5.19. The lowest BCUT2D eigenvalue weighted by Crippen LogP contribution is -2.51. The van der Waals surface area contributed by atoms with Crippen LogP contribution in [0.1, 0.15) is 103 Å². The Kier molecular flexibility index (Phi) is 8.32. The van der Waals surface area contributed by atoms with Crippen LogP contribution < -0.4 is 0 Å². The van der Waals surface area contributed by atoms with Crippen LogP contribution in [-0.4, -0.2) is 45.7 Å². The summed E-state index contributed by atoms with van der Waals surface area (Å²) in [5.74, 6) is -0.895. The highest BCUT2D eigenvalue weighted by Gasteiger charge is 2.56. The Hall–Kier alpha value is -0.750. The number of ketones is 1. The fourth-order valence-electron chi connectivity index (χ4n) is 5.19. The SMILES string of the molecule is CCCCCCCCCCC[C@@H]1C[C@@H](O)C[C@@]2(CC[C@]3(C=CC(=O)C[C@@H]3O)O2)O1. The van der Waals surface area contributed by atoms with Crippen LogP contribution >= 0.6 is 0 Å². The molecule has 2 spiro atoms. The number of aliphatic hydroxyl groups is 2. The topological polar surface area (TPSA) is 76.0 Å². The zero-order valence-electron chi connectivity index (χ0n) is 18.1. The van der Waals surface area contributed by atoms with Gasteiger partial charge in [0.1, 0.15) is 5.60 Å². The molecular weight excluding hydrogens is 368 g/mol. The molecule has 2 N–H and O–H groups in total. The molecule has 0 aromatic heterocycles. The Morgan fingerprint density at radius 3 is 2.41 bits per heavy atom. The van der Waals surface area contributed by atoms with Crippen LogP contribution in [0.15, 0.2) is 12.2 Å². The molecule has 5 heteroatoms. The van der Waals surface area contributed by atoms with E-state index < -0.39 is 23.6 Å². The van der Waals surface area contributed by atoms with E-state index in [2.05, 4.69) is 6.92 Å². The first kappa shape index (κ1) is 22.9. The van der Waals surface area contributed by atoms with E-state index in [4.69, 9.17) is 9.47 Å². The second kappa shape index (κ2) is 10.5. The molecule has 0 aromatic rings. The molecule has 1 aliphatic carbocycles. The van der Waals surface area contributed by atoms with Gasteiger partial charge in [-0.3, -0.25) is 4.79 Å². The van der Waals surface area contributed by atoms with Gasteiger partial charge in [-0.25, -0.2) is 0 Å². The third kappa shape index (κ3) is 6.13. The zero-order chi connectivity index (χ0) is 20.7. The van der Waals surface area contributed by atoms with Crippen LogP contribution in [0.3, 0.4) is 0 Å². The van der Waals surface area contributed by atoms with Crippen molar-refractivity contribution in [2.24, 2.45) is 0 Å². The van der Waals surface area contributed by atoms with Gasteiger partial charge in [0.05, 0.1) is 18.3 Å². The van der Waals surface area contributed by atoms with Crippen LogP contribution in [0.4, 0.5) is 0 Å². The van der Waals surface area contributed by atoms with Crippen LogP contribution in [0.25, 0.3) is 0 Å². The van der Waals surface area contributed by atoms with E-state index in [-0.39, 0.29) is 18.3 Å². The Morgan fingerprint density at radius 1 is 1.03 bits per heavy atom. The van der Waals surface area contributed by atoms with Gasteiger partial charge in [0.25, 0.3) is 0 Å². The van der Waals surface area contributed by atoms with Crippen LogP contribution in [0.5, 0.6) is 0 Å². The number of allylic oxidation sites excluding steroid dienone is 1. The van der Waals surface area contributed by atoms with Crippen molar-refractivity contribution in [3.63, 3.8) is 0 Å². The van der Waals surface area contributed by atoms with Gasteiger partial charge >= 0.3 is 0 Å². The minimum atomic E-state index is -0.840. The minimum absolute atomic E-state index is 0.00444. The predicted octanol–water partition coefficient (Wildman–Crippen LogP) is 4.58. The highest BCUT2D eigenvalue weighted by Crippen LogP contribution is 2.49. The first-order chi connectivity index (χ1) is 14.0. The summed E-state index contributed by atoms with van der Waals surface area (Å²) in [7, 11) is 0. The van der Waals surface area contributed by atoms with Gasteiger partial charge in [0, 0.05) is 19.3 Å². The van der Waals surface area contributed by atoms with Gasteiger partial charge < -0.3 is 19.7 Å². The van der Waals surface area contributed by atoms with Crippen molar-refractivity contribution in [3.8, 4) is 0 Å². The molecule has 0 saturated carbocycles. The van der Waals surface area contributed by atoms with Gasteiger partial charge in [-0.15, -0.1) is 0 Å². The van der Waals surface area contributed by atoms with Crippen molar-refractivity contribution >= 4 is 5.78 Å². The number of rotatable bonds is 10. The van der Waals surface area contributed by atoms with Crippen molar-refractivity contribution in [2.45, 2.75) is 133 Å². The van der Waals surface area contributed by atoms with E-state index in [0.717, 1.165) is 12.8 Å². The van der Waals surface area contributed by atoms with E-state index in [9.17, 15) is 15.0 Å². The van der Waals surface area contributed by atoms with Crippen LogP contribution in [-0.2, 0) is 14.3 Å². The second-order valence-electron chi connectivity index (χ2n) is 9.44. The van der Waals surface area contributed by atoms with E-state index in [1.165, 1.54) is 57.4 Å². The summed E-state index contributed by atoms with van der Waals surface area (Å²) in [6.07, 6.45) is 17.0. The first-order valence-corrected chi connectivity index (χ1v) is 11.9. The maximum atomic E-state index is 11.6. The minimum Gasteiger partial charge on any atom is -0.393 e. The van der Waals surface area contributed by atoms with Crippen molar-refractivity contribution in [1.82, 2.24) is 0 Å². The molecule has 0 aromatic carbocycles. The van der Waals surface area contributed by atoms with E-state index in [1.54, 1.807) is 6.08 Å². The number of hydrogen-bond donors (Lipinski definition) is 2. The van der Waals surface area contributed by atoms with Gasteiger partial charge in [0.15, 0.2) is 11.6 Å². The molecule has 29 heavy (non-hydrogen) atoms. The average molecular weight is 409 g/mol. The summed E-state index contributed by atoms with van der Waals surface area (Å²) in [4.78, 5) is 11.6. The summed E-state index contributed by atoms with van der Waals surface area (Å²) in [5.41, 5.74) is -0.840. The molecule has 0 unspecified atom stereocenters. The molecule has 2 aliphatic heterocycles. The number of ether oxygens (including phenoxy) is 2. The van der Waals surface area contributed by atoms with Crippen molar-refractivity contribution in [1.29, 1.82) is 0 Å². The molecule has 2 saturated heterocycles. The lowest BCUT2D eigenvalue weighted by molar-refractivity contribution is -0.306. The number of unbranched alkanes of at least 4 members (excludes halogenated alkanes) is 8. The predicted molar refractivity (Wildman–Crippen MR) is 113 cm³/mol. The lowest BCUT2D eigenvalue weighted by Gasteiger charge is -2.43. The first-order valence-electron chi connectivity index (χ1n) is 11.9. The number of aliphatic hydroxyl groups excluding tert-OH is 2. The van der Waals surface area contributed by atoms with Crippen LogP contribution in [0.2, 0.25) is 0 Å². The van der Waals surface area contributed by atoms with Gasteiger partial charge in [-0.05, 0) is 31.4 Å². The largest absolute Gasteiger partial charge is 0.393 e. The monoisotopic (exact) mass is 408 g/mol. The van der Waals surface area contributed by atoms with E-state index >= 15 is 0 Å². The molecule has 5 atom stereocenters. The maximum absolute atomic E-state index is 11.6. The molecule has 0 radical (unpaired) electrons. The zero-order valence-corrected chi connectivity index (χ0v) is 18.1. The highest BCUT2D eigenvalue weighted by molar-refractivity contribution is 5.91. The van der Waals surface area contributed by atoms with Crippen LogP contribution in [0, 0.1) is 0 Å². The molecule has 5 nitrogen and oxygen atoms in total. The molecule has 2 heterocycles. The summed E-state index contributed by atoms with van der Waals surface area (Å²) >= 11 is 0. The van der Waals surface area contributed by atoms with Gasteiger partial charge in [0.2, 0.25) is 0 Å². The van der Waals surface area contributed by atoms with Crippen molar-refractivity contribution < 1.29 is 24.5 Å². The molecule has 0 amide bonds. The second-order valence-corrected chi connectivity index (χ2v) is 9.44. The average Bonchev–Trinajstić information content (AvgIpc) is 3.02. The maximum Gasteiger partial charge on any atom is 0.172 e.